The van der Waals surface area contributed by atoms with Crippen LogP contribution in [0.15, 0.2) is 35.7 Å². The van der Waals surface area contributed by atoms with E-state index in [0.717, 1.165) is 0 Å². The summed E-state index contributed by atoms with van der Waals surface area (Å²) in [5, 5.41) is 42.2. The maximum Gasteiger partial charge on any atom is 0.153 e. The van der Waals surface area contributed by atoms with Crippen LogP contribution in [-0.4, -0.2) is 50.5 Å². The first-order valence-electron chi connectivity index (χ1n) is 9.69. The summed E-state index contributed by atoms with van der Waals surface area (Å²) < 4.78 is 31.8. The van der Waals surface area contributed by atoms with Crippen LogP contribution in [0.4, 0.5) is 8.78 Å². The Hall–Kier alpha value is -1.08. The molecule has 150 valence electrons. The summed E-state index contributed by atoms with van der Waals surface area (Å²) in [6.07, 6.45) is 3.77. The van der Waals surface area contributed by atoms with Gasteiger partial charge in [-0.1, -0.05) is 31.2 Å². The number of alkyl halides is 1. The quantitative estimate of drug-likeness (QED) is 0.591. The van der Waals surface area contributed by atoms with Crippen LogP contribution in [0.2, 0.25) is 0 Å². The molecule has 4 N–H and O–H groups in total. The van der Waals surface area contributed by atoms with Gasteiger partial charge in [0, 0.05) is 30.8 Å². The second kappa shape index (κ2) is 5.72. The van der Waals surface area contributed by atoms with E-state index < -0.39 is 52.0 Å². The second-order valence-electron chi connectivity index (χ2n) is 9.21. The Labute approximate surface area is 157 Å². The topological polar surface area (TPSA) is 80.9 Å². The molecule has 0 spiro atoms. The standard InChI is InChI=1S/C21H28F2O4/c1-18-6-4-3-5-12(18)15(22)9-14-13-10-16(25)20(27,7-8-24)19(13,2)11-17(26)21(14,18)23/h3-6,13-14,16-17,24-27H,7-11H2,1-2H3/t13-,14-,16+,17-,18-,19-,20+,21-/m0/s1. The first-order valence-corrected chi connectivity index (χ1v) is 9.69. The minimum Gasteiger partial charge on any atom is -0.396 e. The van der Waals surface area contributed by atoms with Crippen molar-refractivity contribution in [3.8, 4) is 0 Å². The highest BCUT2D eigenvalue weighted by Gasteiger charge is 2.74. The number of fused-ring (bicyclic) bond motifs is 5. The van der Waals surface area contributed by atoms with Crippen LogP contribution < -0.4 is 0 Å². The maximum absolute atomic E-state index is 16.7. The molecular weight excluding hydrogens is 354 g/mol. The molecule has 4 nitrogen and oxygen atoms in total. The molecule has 6 heteroatoms. The molecule has 4 aliphatic rings. The first kappa shape index (κ1) is 19.2. The van der Waals surface area contributed by atoms with Gasteiger partial charge < -0.3 is 20.4 Å². The number of halogens is 2. The van der Waals surface area contributed by atoms with Crippen LogP contribution in [0, 0.1) is 22.7 Å². The van der Waals surface area contributed by atoms with Gasteiger partial charge in [-0.25, -0.2) is 8.78 Å². The number of allylic oxidation sites excluding steroid dienone is 6. The molecule has 0 amide bonds. The zero-order chi connectivity index (χ0) is 19.8. The highest BCUT2D eigenvalue weighted by atomic mass is 19.1. The second-order valence-corrected chi connectivity index (χ2v) is 9.21. The summed E-state index contributed by atoms with van der Waals surface area (Å²) in [5.41, 5.74) is -5.81. The Balaban J connectivity index is 1.87. The van der Waals surface area contributed by atoms with Gasteiger partial charge in [-0.15, -0.1) is 0 Å². The molecule has 0 unspecified atom stereocenters. The zero-order valence-electron chi connectivity index (χ0n) is 15.7. The summed E-state index contributed by atoms with van der Waals surface area (Å²) in [5.74, 6) is -1.79. The fourth-order valence-corrected chi connectivity index (χ4v) is 6.74. The van der Waals surface area contributed by atoms with Crippen molar-refractivity contribution in [2.45, 2.75) is 63.0 Å². The van der Waals surface area contributed by atoms with Crippen molar-refractivity contribution in [3.63, 3.8) is 0 Å². The van der Waals surface area contributed by atoms with E-state index in [4.69, 9.17) is 0 Å². The summed E-state index contributed by atoms with van der Waals surface area (Å²) in [4.78, 5) is 0. The summed E-state index contributed by atoms with van der Waals surface area (Å²) in [6, 6.07) is 0. The van der Waals surface area contributed by atoms with Gasteiger partial charge in [-0.2, -0.15) is 0 Å². The molecule has 4 rings (SSSR count). The normalized spacial score (nSPS) is 53.9. The van der Waals surface area contributed by atoms with Gasteiger partial charge in [0.25, 0.3) is 0 Å². The Bertz CT molecular complexity index is 748. The number of aliphatic hydroxyl groups excluding tert-OH is 3. The van der Waals surface area contributed by atoms with Crippen molar-refractivity contribution in [1.82, 2.24) is 0 Å². The molecule has 8 atom stereocenters. The summed E-state index contributed by atoms with van der Waals surface area (Å²) >= 11 is 0. The third-order valence-electron chi connectivity index (χ3n) is 8.31. The van der Waals surface area contributed by atoms with Gasteiger partial charge in [0.1, 0.15) is 5.83 Å². The predicted molar refractivity (Wildman–Crippen MR) is 96.0 cm³/mol. The van der Waals surface area contributed by atoms with Crippen molar-refractivity contribution in [2.75, 3.05) is 6.61 Å². The third kappa shape index (κ3) is 2.05. The SMILES string of the molecule is C[C@]12C=CC=CC1=C(F)C[C@H]1[C@@H]3C[C@@H](O)[C@](O)(CCO)[C@@]3(C)C[C@H](O)[C@@]12F. The number of aliphatic hydroxyl groups is 4. The average molecular weight is 382 g/mol. The van der Waals surface area contributed by atoms with E-state index in [1.807, 2.05) is 0 Å². The van der Waals surface area contributed by atoms with Crippen molar-refractivity contribution >= 4 is 0 Å². The molecule has 0 aliphatic heterocycles. The van der Waals surface area contributed by atoms with Crippen molar-refractivity contribution < 1.29 is 29.2 Å². The average Bonchev–Trinajstić information content (AvgIpc) is 2.79. The number of rotatable bonds is 2. The third-order valence-corrected chi connectivity index (χ3v) is 8.31. The van der Waals surface area contributed by atoms with Gasteiger partial charge in [0.2, 0.25) is 0 Å². The molecule has 2 saturated carbocycles. The van der Waals surface area contributed by atoms with E-state index >= 15 is 8.78 Å². The molecule has 0 bridgehead atoms. The van der Waals surface area contributed by atoms with E-state index in [1.165, 1.54) is 0 Å². The molecule has 0 aromatic carbocycles. The molecule has 0 radical (unpaired) electrons. The number of hydrogen-bond donors (Lipinski definition) is 4. The molecule has 4 aliphatic carbocycles. The van der Waals surface area contributed by atoms with Gasteiger partial charge >= 0.3 is 0 Å². The molecule has 0 heterocycles. The summed E-state index contributed by atoms with van der Waals surface area (Å²) in [6.45, 7) is 3.01. The van der Waals surface area contributed by atoms with Crippen LogP contribution in [0.3, 0.4) is 0 Å². The molecular formula is C21H28F2O4. The lowest BCUT2D eigenvalue weighted by Gasteiger charge is -2.61. The van der Waals surface area contributed by atoms with Crippen LogP contribution in [0.5, 0.6) is 0 Å². The lowest BCUT2D eigenvalue weighted by atomic mass is 9.45. The van der Waals surface area contributed by atoms with Gasteiger partial charge in [0.05, 0.1) is 23.2 Å². The first-order chi connectivity index (χ1) is 12.6. The highest BCUT2D eigenvalue weighted by molar-refractivity contribution is 5.47. The van der Waals surface area contributed by atoms with Crippen molar-refractivity contribution in [3.05, 3.63) is 35.7 Å². The van der Waals surface area contributed by atoms with Crippen LogP contribution in [0.1, 0.15) is 39.5 Å². The van der Waals surface area contributed by atoms with Crippen molar-refractivity contribution in [2.24, 2.45) is 22.7 Å². The fraction of sp³-hybridized carbons (Fsp3) is 0.714. The monoisotopic (exact) mass is 382 g/mol. The van der Waals surface area contributed by atoms with Gasteiger partial charge in [-0.3, -0.25) is 0 Å². The minimum absolute atomic E-state index is 0.0553. The van der Waals surface area contributed by atoms with Crippen molar-refractivity contribution in [1.29, 1.82) is 0 Å². The van der Waals surface area contributed by atoms with Gasteiger partial charge in [0.15, 0.2) is 5.67 Å². The van der Waals surface area contributed by atoms with Crippen LogP contribution in [-0.2, 0) is 0 Å². The van der Waals surface area contributed by atoms with Crippen LogP contribution in [0.25, 0.3) is 0 Å². The predicted octanol–water partition coefficient (Wildman–Crippen LogP) is 2.34. The Morgan fingerprint density at radius 3 is 2.52 bits per heavy atom. The Morgan fingerprint density at radius 2 is 1.85 bits per heavy atom. The smallest absolute Gasteiger partial charge is 0.153 e. The number of hydrogen-bond acceptors (Lipinski definition) is 4. The highest BCUT2D eigenvalue weighted by Crippen LogP contribution is 2.70. The van der Waals surface area contributed by atoms with Crippen LogP contribution >= 0.6 is 0 Å². The van der Waals surface area contributed by atoms with Gasteiger partial charge in [-0.05, 0) is 31.3 Å². The minimum atomic E-state index is -2.10. The van der Waals surface area contributed by atoms with E-state index in [-0.39, 0.29) is 37.9 Å². The molecule has 0 saturated heterocycles. The lowest BCUT2D eigenvalue weighted by Crippen LogP contribution is -2.68. The van der Waals surface area contributed by atoms with E-state index in [0.29, 0.717) is 0 Å². The largest absolute Gasteiger partial charge is 0.396 e. The molecule has 2 fully saturated rings. The van der Waals surface area contributed by atoms with E-state index in [1.54, 1.807) is 38.2 Å². The van der Waals surface area contributed by atoms with E-state index in [2.05, 4.69) is 0 Å². The molecule has 0 aromatic heterocycles. The Kier molecular flexibility index (Phi) is 4.08. The maximum atomic E-state index is 16.7. The molecule has 27 heavy (non-hydrogen) atoms. The molecule has 0 aromatic rings. The summed E-state index contributed by atoms with van der Waals surface area (Å²) in [7, 11) is 0. The van der Waals surface area contributed by atoms with E-state index in [9.17, 15) is 20.4 Å². The lowest BCUT2D eigenvalue weighted by molar-refractivity contribution is -0.222. The zero-order valence-corrected chi connectivity index (χ0v) is 15.7. The fourth-order valence-electron chi connectivity index (χ4n) is 6.74. The Morgan fingerprint density at radius 1 is 1.15 bits per heavy atom.